The third kappa shape index (κ3) is 1.87. The molecule has 17 heavy (non-hydrogen) atoms. The van der Waals surface area contributed by atoms with Crippen molar-refractivity contribution in [2.45, 2.75) is 0 Å². The highest BCUT2D eigenvalue weighted by atomic mass is 16.8. The van der Waals surface area contributed by atoms with E-state index in [0.717, 1.165) is 0 Å². The molecule has 2 N–H and O–H groups in total. The summed E-state index contributed by atoms with van der Waals surface area (Å²) in [5, 5.41) is 0. The highest BCUT2D eigenvalue weighted by Crippen LogP contribution is 2.33. The summed E-state index contributed by atoms with van der Waals surface area (Å²) in [5.41, 5.74) is 6.32. The predicted octanol–water partition coefficient (Wildman–Crippen LogP) is 2.10. The predicted molar refractivity (Wildman–Crippen MR) is 64.9 cm³/mol. The number of para-hydroxylation sites is 4. The molecule has 2 aromatic carbocycles. The number of hydrogen-bond acceptors (Lipinski definition) is 4. The average molecular weight is 227 g/mol. The van der Waals surface area contributed by atoms with Crippen molar-refractivity contribution in [2.24, 2.45) is 0 Å². The molecule has 0 unspecified atom stereocenters. The third-order valence-corrected chi connectivity index (χ3v) is 2.44. The van der Waals surface area contributed by atoms with Crippen LogP contribution in [0.15, 0.2) is 48.5 Å². The second-order valence-electron chi connectivity index (χ2n) is 3.63. The van der Waals surface area contributed by atoms with E-state index in [1.807, 2.05) is 36.4 Å². The molecule has 0 amide bonds. The summed E-state index contributed by atoms with van der Waals surface area (Å²) < 4.78 is 16.5. The fourth-order valence-corrected chi connectivity index (χ4v) is 1.62. The lowest BCUT2D eigenvalue weighted by atomic mass is 10.2. The summed E-state index contributed by atoms with van der Waals surface area (Å²) in [6.07, 6.45) is 0. The van der Waals surface area contributed by atoms with Gasteiger partial charge in [-0.1, -0.05) is 24.3 Å². The largest absolute Gasteiger partial charge is 0.864 e. The van der Waals surface area contributed by atoms with Crippen molar-refractivity contribution in [3.63, 3.8) is 0 Å². The number of fused-ring (bicyclic) bond motifs is 1. The molecule has 5 heteroatoms. The number of anilines is 1. The molecular formula is C12H10BNO3. The summed E-state index contributed by atoms with van der Waals surface area (Å²) >= 11 is 0. The Hall–Kier alpha value is -2.30. The van der Waals surface area contributed by atoms with E-state index in [1.165, 1.54) is 0 Å². The Morgan fingerprint density at radius 3 is 2.12 bits per heavy atom. The molecule has 0 radical (unpaired) electrons. The highest BCUT2D eigenvalue weighted by molar-refractivity contribution is 6.41. The molecular weight excluding hydrogens is 217 g/mol. The standard InChI is InChI=1S/C12H10BNO3/c14-9-5-1-2-6-10(9)15-13-16-11-7-3-4-8-12(11)17-13/h1-8H,14H2. The first-order valence-electron chi connectivity index (χ1n) is 5.26. The van der Waals surface area contributed by atoms with Crippen LogP contribution >= 0.6 is 0 Å². The van der Waals surface area contributed by atoms with Gasteiger partial charge in [0, 0.05) is 0 Å². The maximum atomic E-state index is 5.77. The molecule has 2 aromatic rings. The first kappa shape index (κ1) is 9.90. The van der Waals surface area contributed by atoms with Crippen LogP contribution in [-0.2, 0) is 0 Å². The van der Waals surface area contributed by atoms with Crippen LogP contribution in [0.4, 0.5) is 5.69 Å². The quantitative estimate of drug-likeness (QED) is 0.630. The molecule has 0 atom stereocenters. The Morgan fingerprint density at radius 1 is 0.882 bits per heavy atom. The van der Waals surface area contributed by atoms with Gasteiger partial charge in [0.1, 0.15) is 17.2 Å². The van der Waals surface area contributed by atoms with Gasteiger partial charge in [-0.05, 0) is 24.3 Å². The van der Waals surface area contributed by atoms with Crippen LogP contribution in [0.3, 0.4) is 0 Å². The summed E-state index contributed by atoms with van der Waals surface area (Å²) in [6.45, 7) is 0. The molecule has 0 aliphatic carbocycles. The van der Waals surface area contributed by atoms with Crippen LogP contribution < -0.4 is 19.7 Å². The molecule has 3 rings (SSSR count). The molecule has 84 valence electrons. The zero-order chi connectivity index (χ0) is 11.7. The second-order valence-corrected chi connectivity index (χ2v) is 3.63. The van der Waals surface area contributed by atoms with Gasteiger partial charge in [0.05, 0.1) is 5.69 Å². The van der Waals surface area contributed by atoms with Gasteiger partial charge in [-0.25, -0.2) is 0 Å². The van der Waals surface area contributed by atoms with Crippen molar-refractivity contribution < 1.29 is 14.0 Å². The third-order valence-electron chi connectivity index (χ3n) is 2.44. The van der Waals surface area contributed by atoms with Gasteiger partial charge in [0.2, 0.25) is 0 Å². The first-order valence-corrected chi connectivity index (χ1v) is 5.26. The smallest absolute Gasteiger partial charge is 0.488 e. The summed E-state index contributed by atoms with van der Waals surface area (Å²) in [6, 6.07) is 14.6. The minimum atomic E-state index is -0.780. The van der Waals surface area contributed by atoms with Crippen LogP contribution in [0.25, 0.3) is 0 Å². The Morgan fingerprint density at radius 2 is 1.47 bits per heavy atom. The number of nitrogens with two attached hydrogens (primary N) is 1. The van der Waals surface area contributed by atoms with Crippen molar-refractivity contribution in [1.29, 1.82) is 0 Å². The lowest BCUT2D eigenvalue weighted by Crippen LogP contribution is -2.32. The molecule has 0 saturated heterocycles. The van der Waals surface area contributed by atoms with Gasteiger partial charge < -0.3 is 19.7 Å². The maximum absolute atomic E-state index is 5.77. The van der Waals surface area contributed by atoms with E-state index in [9.17, 15) is 0 Å². The van der Waals surface area contributed by atoms with Crippen molar-refractivity contribution in [3.05, 3.63) is 48.5 Å². The van der Waals surface area contributed by atoms with Crippen molar-refractivity contribution in [3.8, 4) is 17.2 Å². The van der Waals surface area contributed by atoms with Crippen LogP contribution in [0.5, 0.6) is 17.2 Å². The maximum Gasteiger partial charge on any atom is 0.864 e. The number of benzene rings is 2. The van der Waals surface area contributed by atoms with Crippen molar-refractivity contribution in [1.82, 2.24) is 0 Å². The topological polar surface area (TPSA) is 53.7 Å². The molecule has 0 bridgehead atoms. The molecule has 0 aromatic heterocycles. The number of nitrogen functional groups attached to an aromatic ring is 1. The van der Waals surface area contributed by atoms with E-state index in [2.05, 4.69) is 0 Å². The summed E-state index contributed by atoms with van der Waals surface area (Å²) in [7, 11) is -0.780. The van der Waals surface area contributed by atoms with Crippen molar-refractivity contribution >= 4 is 13.0 Å². The van der Waals surface area contributed by atoms with Gasteiger partial charge >= 0.3 is 7.32 Å². The zero-order valence-corrected chi connectivity index (χ0v) is 9.00. The van der Waals surface area contributed by atoms with Gasteiger partial charge in [-0.2, -0.15) is 0 Å². The molecule has 1 aliphatic heterocycles. The van der Waals surface area contributed by atoms with Crippen LogP contribution in [0.2, 0.25) is 0 Å². The Balaban J connectivity index is 1.76. The number of rotatable bonds is 2. The number of hydrogen-bond donors (Lipinski definition) is 1. The fourth-order valence-electron chi connectivity index (χ4n) is 1.62. The normalized spacial score (nSPS) is 12.6. The van der Waals surface area contributed by atoms with E-state index < -0.39 is 7.32 Å². The monoisotopic (exact) mass is 227 g/mol. The molecule has 0 saturated carbocycles. The first-order chi connectivity index (χ1) is 8.33. The van der Waals surface area contributed by atoms with E-state index >= 15 is 0 Å². The fraction of sp³-hybridized carbons (Fsp3) is 0. The summed E-state index contributed by atoms with van der Waals surface area (Å²) in [5.74, 6) is 1.89. The molecule has 1 heterocycles. The average Bonchev–Trinajstić information content (AvgIpc) is 2.74. The SMILES string of the molecule is Nc1ccccc1OB1Oc2ccccc2O1. The second kappa shape index (κ2) is 3.94. The van der Waals surface area contributed by atoms with Gasteiger partial charge in [0.25, 0.3) is 0 Å². The van der Waals surface area contributed by atoms with Crippen molar-refractivity contribution in [2.75, 3.05) is 5.73 Å². The van der Waals surface area contributed by atoms with Crippen LogP contribution in [0, 0.1) is 0 Å². The van der Waals surface area contributed by atoms with Crippen LogP contribution in [0.1, 0.15) is 0 Å². The van der Waals surface area contributed by atoms with E-state index in [4.69, 9.17) is 19.7 Å². The summed E-state index contributed by atoms with van der Waals surface area (Å²) in [4.78, 5) is 0. The minimum absolute atomic E-state index is 0.547. The Bertz CT molecular complexity index is 522. The van der Waals surface area contributed by atoms with E-state index in [1.54, 1.807) is 12.1 Å². The van der Waals surface area contributed by atoms with Gasteiger partial charge in [-0.3, -0.25) is 0 Å². The minimum Gasteiger partial charge on any atom is -0.488 e. The molecule has 0 fully saturated rings. The molecule has 1 aliphatic rings. The Kier molecular flexibility index (Phi) is 2.29. The lowest BCUT2D eigenvalue weighted by Gasteiger charge is -2.09. The van der Waals surface area contributed by atoms with Gasteiger partial charge in [-0.15, -0.1) is 0 Å². The van der Waals surface area contributed by atoms with Gasteiger partial charge in [0.15, 0.2) is 0 Å². The molecule has 0 spiro atoms. The zero-order valence-electron chi connectivity index (χ0n) is 9.00. The highest BCUT2D eigenvalue weighted by Gasteiger charge is 2.37. The van der Waals surface area contributed by atoms with E-state index in [-0.39, 0.29) is 0 Å². The van der Waals surface area contributed by atoms with Crippen LogP contribution in [-0.4, -0.2) is 7.32 Å². The molecule has 4 nitrogen and oxygen atoms in total. The Labute approximate surface area is 99.1 Å². The van der Waals surface area contributed by atoms with E-state index in [0.29, 0.717) is 22.9 Å². The lowest BCUT2D eigenvalue weighted by molar-refractivity contribution is 0.352.